The number of para-hydroxylation sites is 1. The van der Waals surface area contributed by atoms with Crippen molar-refractivity contribution in [3.05, 3.63) is 64.3 Å². The second kappa shape index (κ2) is 8.32. The number of rotatable bonds is 3. The Bertz CT molecular complexity index is 1180. The Hall–Kier alpha value is -2.16. The summed E-state index contributed by atoms with van der Waals surface area (Å²) in [5.41, 5.74) is 0.743. The number of hydrogen-bond donors (Lipinski definition) is 0. The van der Waals surface area contributed by atoms with E-state index in [4.69, 9.17) is 23.2 Å². The second-order valence-electron chi connectivity index (χ2n) is 8.00. The third-order valence-corrected chi connectivity index (χ3v) is 7.22. The van der Waals surface area contributed by atoms with Crippen molar-refractivity contribution in [2.75, 3.05) is 12.3 Å². The fraction of sp³-hybridized carbons (Fsp3) is 0.273. The molecule has 4 rings (SSSR count). The molecule has 0 saturated carbocycles. The van der Waals surface area contributed by atoms with Gasteiger partial charge in [-0.2, -0.15) is 18.3 Å². The monoisotopic (exact) mass is 499 g/mol. The summed E-state index contributed by atoms with van der Waals surface area (Å²) < 4.78 is 41.5. The Morgan fingerprint density at radius 2 is 1.75 bits per heavy atom. The van der Waals surface area contributed by atoms with E-state index in [2.05, 4.69) is 5.10 Å². The van der Waals surface area contributed by atoms with Crippen LogP contribution in [0.25, 0.3) is 16.9 Å². The Kier molecular flexibility index (Phi) is 5.98. The summed E-state index contributed by atoms with van der Waals surface area (Å²) in [5.74, 6) is -0.510. The zero-order valence-corrected chi connectivity index (χ0v) is 19.4. The number of thioether (sulfide) groups is 1. The third-order valence-electron chi connectivity index (χ3n) is 5.13. The third kappa shape index (κ3) is 4.36. The lowest BCUT2D eigenvalue weighted by Crippen LogP contribution is -2.52. The molecule has 1 aliphatic rings. The molecule has 0 bridgehead atoms. The number of alkyl halides is 3. The van der Waals surface area contributed by atoms with Gasteiger partial charge in [-0.25, -0.2) is 4.68 Å². The van der Waals surface area contributed by atoms with Crippen LogP contribution in [0.3, 0.4) is 0 Å². The molecule has 0 radical (unpaired) electrons. The first-order valence-electron chi connectivity index (χ1n) is 9.63. The highest BCUT2D eigenvalue weighted by molar-refractivity contribution is 7.99. The van der Waals surface area contributed by atoms with E-state index >= 15 is 0 Å². The standard InChI is InChI=1S/C22H18Cl2F3N3OS/c1-21(2)12-32-19-17(20(31)29(21)11-22(25,26)27)28-30(16-6-4-3-5-15(16)24)18(19)13-7-9-14(23)10-8-13/h3-10H,11-12H2,1-2H3. The lowest BCUT2D eigenvalue weighted by Gasteiger charge is -2.37. The number of nitrogens with zero attached hydrogens (tertiary/aromatic N) is 3. The molecule has 1 amide bonds. The van der Waals surface area contributed by atoms with Crippen LogP contribution in [0.1, 0.15) is 24.3 Å². The molecule has 10 heteroatoms. The van der Waals surface area contributed by atoms with E-state index in [1.54, 1.807) is 62.4 Å². The molecule has 1 aliphatic heterocycles. The van der Waals surface area contributed by atoms with E-state index in [9.17, 15) is 18.0 Å². The summed E-state index contributed by atoms with van der Waals surface area (Å²) in [5, 5.41) is 5.41. The van der Waals surface area contributed by atoms with Crippen LogP contribution in [0.15, 0.2) is 53.4 Å². The molecule has 0 saturated heterocycles. The lowest BCUT2D eigenvalue weighted by molar-refractivity contribution is -0.148. The molecule has 0 atom stereocenters. The summed E-state index contributed by atoms with van der Waals surface area (Å²) in [7, 11) is 0. The van der Waals surface area contributed by atoms with Crippen LogP contribution >= 0.6 is 35.0 Å². The predicted molar refractivity (Wildman–Crippen MR) is 121 cm³/mol. The highest BCUT2D eigenvalue weighted by Gasteiger charge is 2.45. The summed E-state index contributed by atoms with van der Waals surface area (Å²) in [4.78, 5) is 14.7. The van der Waals surface area contributed by atoms with Crippen LogP contribution in [0.2, 0.25) is 10.0 Å². The average molecular weight is 500 g/mol. The first-order valence-corrected chi connectivity index (χ1v) is 11.4. The first kappa shape index (κ1) is 23.0. The van der Waals surface area contributed by atoms with E-state index in [-0.39, 0.29) is 11.4 Å². The van der Waals surface area contributed by atoms with Crippen LogP contribution in [0.5, 0.6) is 0 Å². The van der Waals surface area contributed by atoms with E-state index < -0.39 is 24.2 Å². The summed E-state index contributed by atoms with van der Waals surface area (Å²) in [6, 6.07) is 13.9. The molecule has 1 aromatic heterocycles. The Morgan fingerprint density at radius 1 is 1.09 bits per heavy atom. The maximum Gasteiger partial charge on any atom is 0.406 e. The fourth-order valence-electron chi connectivity index (χ4n) is 3.53. The molecule has 4 nitrogen and oxygen atoms in total. The summed E-state index contributed by atoms with van der Waals surface area (Å²) in [6.07, 6.45) is -4.54. The minimum Gasteiger partial charge on any atom is -0.322 e. The van der Waals surface area contributed by atoms with E-state index in [0.717, 1.165) is 4.90 Å². The maximum absolute atomic E-state index is 13.4. The van der Waals surface area contributed by atoms with E-state index in [0.29, 0.717) is 31.9 Å². The molecule has 0 unspecified atom stereocenters. The number of aromatic nitrogens is 2. The SMILES string of the molecule is CC1(C)CSc2c(nn(-c3ccccc3Cl)c2-c2ccc(Cl)cc2)C(=O)N1CC(F)(F)F. The smallest absolute Gasteiger partial charge is 0.322 e. The van der Waals surface area contributed by atoms with Gasteiger partial charge in [-0.15, -0.1) is 11.8 Å². The van der Waals surface area contributed by atoms with Gasteiger partial charge in [0.25, 0.3) is 5.91 Å². The highest BCUT2D eigenvalue weighted by atomic mass is 35.5. The van der Waals surface area contributed by atoms with Crippen molar-refractivity contribution in [1.82, 2.24) is 14.7 Å². The number of amides is 1. The van der Waals surface area contributed by atoms with E-state index in [1.807, 2.05) is 0 Å². The Balaban J connectivity index is 1.96. The van der Waals surface area contributed by atoms with Gasteiger partial charge in [-0.05, 0) is 38.1 Å². The van der Waals surface area contributed by atoms with Gasteiger partial charge >= 0.3 is 6.18 Å². The average Bonchev–Trinajstić information content (AvgIpc) is 3.06. The van der Waals surface area contributed by atoms with Crippen molar-refractivity contribution in [3.8, 4) is 16.9 Å². The van der Waals surface area contributed by atoms with Gasteiger partial charge in [0.2, 0.25) is 0 Å². The normalized spacial score (nSPS) is 16.1. The van der Waals surface area contributed by atoms with Gasteiger partial charge < -0.3 is 4.90 Å². The quantitative estimate of drug-likeness (QED) is 0.400. The van der Waals surface area contributed by atoms with Crippen LogP contribution in [-0.2, 0) is 0 Å². The fourth-order valence-corrected chi connectivity index (χ4v) is 5.13. The van der Waals surface area contributed by atoms with Crippen molar-refractivity contribution in [2.45, 2.75) is 30.5 Å². The van der Waals surface area contributed by atoms with Crippen molar-refractivity contribution in [1.29, 1.82) is 0 Å². The van der Waals surface area contributed by atoms with Crippen molar-refractivity contribution in [3.63, 3.8) is 0 Å². The molecule has 0 N–H and O–H groups in total. The Morgan fingerprint density at radius 3 is 2.38 bits per heavy atom. The van der Waals surface area contributed by atoms with Gasteiger partial charge in [0.15, 0.2) is 5.69 Å². The van der Waals surface area contributed by atoms with Crippen molar-refractivity contribution >= 4 is 40.9 Å². The predicted octanol–water partition coefficient (Wildman–Crippen LogP) is 6.73. The van der Waals surface area contributed by atoms with Crippen LogP contribution in [-0.4, -0.2) is 44.6 Å². The summed E-state index contributed by atoms with van der Waals surface area (Å²) >= 11 is 13.8. The van der Waals surface area contributed by atoms with Gasteiger partial charge in [-0.1, -0.05) is 47.5 Å². The maximum atomic E-state index is 13.4. The minimum absolute atomic E-state index is 0.0327. The molecule has 2 heterocycles. The first-order chi connectivity index (χ1) is 15.0. The molecule has 0 fully saturated rings. The number of carbonyl (C=O) groups excluding carboxylic acids is 1. The molecular formula is C22H18Cl2F3N3OS. The second-order valence-corrected chi connectivity index (χ2v) is 9.83. The number of halogens is 5. The Labute approximate surface area is 197 Å². The number of hydrogen-bond acceptors (Lipinski definition) is 3. The molecular weight excluding hydrogens is 482 g/mol. The highest BCUT2D eigenvalue weighted by Crippen LogP contribution is 2.43. The van der Waals surface area contributed by atoms with Gasteiger partial charge in [0.05, 0.1) is 21.3 Å². The molecule has 3 aromatic rings. The van der Waals surface area contributed by atoms with Crippen LogP contribution < -0.4 is 0 Å². The van der Waals surface area contributed by atoms with Crippen molar-refractivity contribution < 1.29 is 18.0 Å². The zero-order valence-electron chi connectivity index (χ0n) is 17.1. The lowest BCUT2D eigenvalue weighted by atomic mass is 10.0. The molecule has 0 aliphatic carbocycles. The molecule has 32 heavy (non-hydrogen) atoms. The topological polar surface area (TPSA) is 38.1 Å². The number of benzene rings is 2. The van der Waals surface area contributed by atoms with Crippen LogP contribution in [0.4, 0.5) is 13.2 Å². The minimum atomic E-state index is -4.54. The van der Waals surface area contributed by atoms with E-state index in [1.165, 1.54) is 16.4 Å². The summed E-state index contributed by atoms with van der Waals surface area (Å²) in [6.45, 7) is 1.90. The zero-order chi connectivity index (χ0) is 23.3. The largest absolute Gasteiger partial charge is 0.406 e. The van der Waals surface area contributed by atoms with Gasteiger partial charge in [-0.3, -0.25) is 4.79 Å². The van der Waals surface area contributed by atoms with Gasteiger partial charge in [0, 0.05) is 21.9 Å². The molecule has 168 valence electrons. The van der Waals surface area contributed by atoms with Crippen LogP contribution in [0, 0.1) is 0 Å². The molecule has 0 spiro atoms. The number of carbonyl (C=O) groups is 1. The van der Waals surface area contributed by atoms with Crippen molar-refractivity contribution in [2.24, 2.45) is 0 Å². The number of fused-ring (bicyclic) bond motifs is 1. The molecule has 2 aromatic carbocycles. The van der Waals surface area contributed by atoms with Gasteiger partial charge in [0.1, 0.15) is 6.54 Å².